The van der Waals surface area contributed by atoms with Gasteiger partial charge in [-0.25, -0.2) is 0 Å². The molecule has 1 aromatic rings. The molecule has 1 rings (SSSR count). The SMILES string of the molecule is N#CCC[C@@H](NC(=O)c1ccncc1)C(N)=O. The summed E-state index contributed by atoms with van der Waals surface area (Å²) in [6, 6.07) is 4.12. The second-order valence-electron chi connectivity index (χ2n) is 3.36. The molecule has 6 heteroatoms. The molecular weight excluding hydrogens is 220 g/mol. The smallest absolute Gasteiger partial charge is 0.252 e. The Kier molecular flexibility index (Phi) is 4.63. The van der Waals surface area contributed by atoms with Crippen LogP contribution in [0.15, 0.2) is 24.5 Å². The van der Waals surface area contributed by atoms with Crippen LogP contribution in [0.2, 0.25) is 0 Å². The van der Waals surface area contributed by atoms with Crippen LogP contribution >= 0.6 is 0 Å². The predicted octanol–water partition coefficient (Wildman–Crippen LogP) is -0.0309. The quantitative estimate of drug-likeness (QED) is 0.742. The number of primary amides is 1. The number of nitrogens with one attached hydrogen (secondary N) is 1. The van der Waals surface area contributed by atoms with Gasteiger partial charge in [0, 0.05) is 24.4 Å². The number of nitriles is 1. The van der Waals surface area contributed by atoms with Crippen molar-refractivity contribution in [2.24, 2.45) is 5.73 Å². The van der Waals surface area contributed by atoms with E-state index in [1.165, 1.54) is 24.5 Å². The summed E-state index contributed by atoms with van der Waals surface area (Å²) >= 11 is 0. The van der Waals surface area contributed by atoms with Crippen LogP contribution in [0.4, 0.5) is 0 Å². The first-order valence-electron chi connectivity index (χ1n) is 5.02. The highest BCUT2D eigenvalue weighted by Gasteiger charge is 2.18. The number of carbonyl (C=O) groups is 2. The van der Waals surface area contributed by atoms with Gasteiger partial charge in [-0.15, -0.1) is 0 Å². The zero-order valence-electron chi connectivity index (χ0n) is 9.09. The number of nitrogens with zero attached hydrogens (tertiary/aromatic N) is 2. The normalized spacial score (nSPS) is 11.2. The molecule has 0 aromatic carbocycles. The van der Waals surface area contributed by atoms with Crippen LogP contribution in [0.5, 0.6) is 0 Å². The molecule has 6 nitrogen and oxygen atoms in total. The van der Waals surface area contributed by atoms with Gasteiger partial charge in [-0.1, -0.05) is 0 Å². The molecule has 0 aliphatic heterocycles. The van der Waals surface area contributed by atoms with E-state index in [-0.39, 0.29) is 12.8 Å². The number of carbonyl (C=O) groups excluding carboxylic acids is 2. The van der Waals surface area contributed by atoms with Gasteiger partial charge < -0.3 is 11.1 Å². The van der Waals surface area contributed by atoms with Crippen molar-refractivity contribution in [3.63, 3.8) is 0 Å². The van der Waals surface area contributed by atoms with Crippen molar-refractivity contribution in [3.05, 3.63) is 30.1 Å². The second kappa shape index (κ2) is 6.23. The monoisotopic (exact) mass is 232 g/mol. The van der Waals surface area contributed by atoms with Crippen LogP contribution in [0, 0.1) is 11.3 Å². The lowest BCUT2D eigenvalue weighted by molar-refractivity contribution is -0.119. The van der Waals surface area contributed by atoms with E-state index in [0.29, 0.717) is 5.56 Å². The first-order valence-corrected chi connectivity index (χ1v) is 5.02. The lowest BCUT2D eigenvalue weighted by atomic mass is 10.1. The number of nitrogens with two attached hydrogens (primary N) is 1. The van der Waals surface area contributed by atoms with E-state index in [9.17, 15) is 9.59 Å². The van der Waals surface area contributed by atoms with Crippen molar-refractivity contribution in [2.45, 2.75) is 18.9 Å². The summed E-state index contributed by atoms with van der Waals surface area (Å²) < 4.78 is 0. The van der Waals surface area contributed by atoms with E-state index >= 15 is 0 Å². The van der Waals surface area contributed by atoms with Crippen molar-refractivity contribution >= 4 is 11.8 Å². The first-order chi connectivity index (χ1) is 8.15. The fourth-order valence-electron chi connectivity index (χ4n) is 1.24. The molecular formula is C11H12N4O2. The zero-order chi connectivity index (χ0) is 12.7. The van der Waals surface area contributed by atoms with Crippen molar-refractivity contribution in [3.8, 4) is 6.07 Å². The molecule has 0 unspecified atom stereocenters. The minimum atomic E-state index is -0.824. The van der Waals surface area contributed by atoms with Crippen molar-refractivity contribution in [2.75, 3.05) is 0 Å². The van der Waals surface area contributed by atoms with Gasteiger partial charge in [0.15, 0.2) is 0 Å². The van der Waals surface area contributed by atoms with E-state index in [0.717, 1.165) is 0 Å². The van der Waals surface area contributed by atoms with Gasteiger partial charge in [0.25, 0.3) is 5.91 Å². The van der Waals surface area contributed by atoms with Crippen LogP contribution in [0.25, 0.3) is 0 Å². The molecule has 0 bridgehead atoms. The number of hydrogen-bond donors (Lipinski definition) is 2. The third kappa shape index (κ3) is 3.91. The van der Waals surface area contributed by atoms with Crippen molar-refractivity contribution in [1.82, 2.24) is 10.3 Å². The van der Waals surface area contributed by atoms with Gasteiger partial charge >= 0.3 is 0 Å². The molecule has 0 saturated heterocycles. The minimum Gasteiger partial charge on any atom is -0.368 e. The summed E-state index contributed by atoms with van der Waals surface area (Å²) in [5.74, 6) is -1.06. The van der Waals surface area contributed by atoms with Gasteiger partial charge in [0.2, 0.25) is 5.91 Å². The van der Waals surface area contributed by atoms with Crippen molar-refractivity contribution in [1.29, 1.82) is 5.26 Å². The van der Waals surface area contributed by atoms with Gasteiger partial charge in [0.05, 0.1) is 6.07 Å². The summed E-state index contributed by atoms with van der Waals surface area (Å²) in [7, 11) is 0. The molecule has 17 heavy (non-hydrogen) atoms. The average Bonchev–Trinajstić information content (AvgIpc) is 2.35. The molecule has 88 valence electrons. The lowest BCUT2D eigenvalue weighted by Gasteiger charge is -2.13. The Bertz CT molecular complexity index is 439. The zero-order valence-corrected chi connectivity index (χ0v) is 9.09. The van der Waals surface area contributed by atoms with Gasteiger partial charge in [-0.05, 0) is 18.6 Å². The average molecular weight is 232 g/mol. The standard InChI is InChI=1S/C11H12N4O2/c12-5-1-2-9(10(13)16)15-11(17)8-3-6-14-7-4-8/h3-4,6-7,9H,1-2H2,(H2,13,16)(H,15,17)/t9-/m1/s1. The third-order valence-corrected chi connectivity index (χ3v) is 2.14. The fourth-order valence-corrected chi connectivity index (χ4v) is 1.24. The van der Waals surface area contributed by atoms with E-state index in [2.05, 4.69) is 10.3 Å². The van der Waals surface area contributed by atoms with E-state index < -0.39 is 17.9 Å². The van der Waals surface area contributed by atoms with Gasteiger partial charge in [-0.2, -0.15) is 5.26 Å². The predicted molar refractivity (Wildman–Crippen MR) is 59.5 cm³/mol. The summed E-state index contributed by atoms with van der Waals surface area (Å²) in [4.78, 5) is 26.5. The molecule has 0 fully saturated rings. The van der Waals surface area contributed by atoms with Crippen LogP contribution in [-0.2, 0) is 4.79 Å². The summed E-state index contributed by atoms with van der Waals surface area (Å²) in [5, 5.41) is 10.9. The number of rotatable bonds is 5. The fraction of sp³-hybridized carbons (Fsp3) is 0.273. The third-order valence-electron chi connectivity index (χ3n) is 2.14. The van der Waals surface area contributed by atoms with Crippen LogP contribution in [0.1, 0.15) is 23.2 Å². The number of amides is 2. The Labute approximate surface area is 98.4 Å². The van der Waals surface area contributed by atoms with E-state index in [1.54, 1.807) is 0 Å². The lowest BCUT2D eigenvalue weighted by Crippen LogP contribution is -2.44. The van der Waals surface area contributed by atoms with Crippen LogP contribution < -0.4 is 11.1 Å². The maximum atomic E-state index is 11.7. The summed E-state index contributed by atoms with van der Waals surface area (Å²) in [6.07, 6.45) is 3.32. The molecule has 1 heterocycles. The summed E-state index contributed by atoms with van der Waals surface area (Å²) in [6.45, 7) is 0. The van der Waals surface area contributed by atoms with E-state index in [4.69, 9.17) is 11.0 Å². The highest BCUT2D eigenvalue weighted by atomic mass is 16.2. The number of pyridine rings is 1. The second-order valence-corrected chi connectivity index (χ2v) is 3.36. The molecule has 0 aliphatic carbocycles. The molecule has 0 aliphatic rings. The summed E-state index contributed by atoms with van der Waals surface area (Å²) in [5.41, 5.74) is 5.52. The molecule has 1 aromatic heterocycles. The van der Waals surface area contributed by atoms with Gasteiger partial charge in [-0.3, -0.25) is 14.6 Å². The maximum Gasteiger partial charge on any atom is 0.252 e. The molecule has 3 N–H and O–H groups in total. The van der Waals surface area contributed by atoms with Crippen molar-refractivity contribution < 1.29 is 9.59 Å². The number of aromatic nitrogens is 1. The molecule has 0 spiro atoms. The largest absolute Gasteiger partial charge is 0.368 e. The number of hydrogen-bond acceptors (Lipinski definition) is 4. The van der Waals surface area contributed by atoms with Crippen LogP contribution in [0.3, 0.4) is 0 Å². The molecule has 2 amide bonds. The molecule has 0 radical (unpaired) electrons. The highest BCUT2D eigenvalue weighted by molar-refractivity contribution is 5.97. The topological polar surface area (TPSA) is 109 Å². The Morgan fingerprint density at radius 2 is 2.12 bits per heavy atom. The Morgan fingerprint density at radius 3 is 2.65 bits per heavy atom. The van der Waals surface area contributed by atoms with Crippen LogP contribution in [-0.4, -0.2) is 22.8 Å². The van der Waals surface area contributed by atoms with Gasteiger partial charge in [0.1, 0.15) is 6.04 Å². The Hall–Kier alpha value is -2.42. The Morgan fingerprint density at radius 1 is 1.47 bits per heavy atom. The Balaban J connectivity index is 2.65. The molecule has 1 atom stereocenters. The maximum absolute atomic E-state index is 11.7. The highest BCUT2D eigenvalue weighted by Crippen LogP contribution is 2.00. The molecule has 0 saturated carbocycles. The van der Waals surface area contributed by atoms with E-state index in [1.807, 2.05) is 6.07 Å². The first kappa shape index (κ1) is 12.6. The minimum absolute atomic E-state index is 0.157.